The lowest BCUT2D eigenvalue weighted by Crippen LogP contribution is -2.26. The monoisotopic (exact) mass is 142 g/mol. The fraction of sp³-hybridized carbons (Fsp3) is 1.00. The normalized spacial score (nSPS) is 14.1. The molecular formula is C3H8Cl2N2. The van der Waals surface area contributed by atoms with Crippen LogP contribution in [0, 0.1) is 0 Å². The summed E-state index contributed by atoms with van der Waals surface area (Å²) in [6.45, 7) is 2.59. The van der Waals surface area contributed by atoms with Crippen molar-refractivity contribution in [2.75, 3.05) is 6.54 Å². The largest absolute Gasteiger partial charge is 0.232 e. The van der Waals surface area contributed by atoms with Crippen molar-refractivity contribution < 1.29 is 0 Å². The van der Waals surface area contributed by atoms with E-state index < -0.39 is 0 Å². The Labute approximate surface area is 53.4 Å². The minimum absolute atomic E-state index is 0.221. The van der Waals surface area contributed by atoms with E-state index >= 15 is 0 Å². The third-order valence-electron chi connectivity index (χ3n) is 0.570. The van der Waals surface area contributed by atoms with Crippen LogP contribution in [0.5, 0.6) is 0 Å². The van der Waals surface area contributed by atoms with Gasteiger partial charge in [-0.05, 0) is 30.5 Å². The smallest absolute Gasteiger partial charge is 0.0330 e. The molecule has 0 radical (unpaired) electrons. The summed E-state index contributed by atoms with van der Waals surface area (Å²) >= 11 is 10.3. The molecule has 4 heteroatoms. The van der Waals surface area contributed by atoms with Crippen LogP contribution in [0.4, 0.5) is 0 Å². The molecule has 1 atom stereocenters. The summed E-state index contributed by atoms with van der Waals surface area (Å²) in [4.78, 5) is 4.93. The van der Waals surface area contributed by atoms with Crippen LogP contribution in [-0.4, -0.2) is 12.6 Å². The van der Waals surface area contributed by atoms with Crippen LogP contribution in [0.15, 0.2) is 0 Å². The van der Waals surface area contributed by atoms with E-state index in [-0.39, 0.29) is 6.04 Å². The fourth-order valence-electron chi connectivity index (χ4n) is 0.154. The van der Waals surface area contributed by atoms with Gasteiger partial charge in [0.2, 0.25) is 0 Å². The van der Waals surface area contributed by atoms with Crippen LogP contribution in [0.25, 0.3) is 0 Å². The maximum absolute atomic E-state index is 5.18. The first-order chi connectivity index (χ1) is 3.31. The second-order valence-electron chi connectivity index (χ2n) is 1.35. The lowest BCUT2D eigenvalue weighted by Gasteiger charge is -2.02. The first-order valence-electron chi connectivity index (χ1n) is 2.01. The molecule has 0 aromatic rings. The number of hydrogen-bond acceptors (Lipinski definition) is 2. The average molecular weight is 143 g/mol. The molecular weight excluding hydrogens is 135 g/mol. The first-order valence-corrected chi connectivity index (χ1v) is 2.76. The SMILES string of the molecule is CC(CNCl)NCl. The predicted octanol–water partition coefficient (Wildman–Crippen LogP) is 0.862. The molecule has 0 aliphatic rings. The lowest BCUT2D eigenvalue weighted by molar-refractivity contribution is 0.669. The highest BCUT2D eigenvalue weighted by Crippen LogP contribution is 1.78. The van der Waals surface area contributed by atoms with Gasteiger partial charge in [-0.25, -0.2) is 9.67 Å². The molecule has 1 unspecified atom stereocenters. The van der Waals surface area contributed by atoms with Gasteiger partial charge in [0.1, 0.15) is 0 Å². The molecule has 0 spiro atoms. The van der Waals surface area contributed by atoms with Crippen molar-refractivity contribution in [2.24, 2.45) is 0 Å². The van der Waals surface area contributed by atoms with Gasteiger partial charge in [0, 0.05) is 12.6 Å². The zero-order valence-electron chi connectivity index (χ0n) is 4.04. The minimum atomic E-state index is 0.221. The zero-order chi connectivity index (χ0) is 5.70. The maximum atomic E-state index is 5.18. The second kappa shape index (κ2) is 4.65. The Morgan fingerprint density at radius 3 is 2.29 bits per heavy atom. The van der Waals surface area contributed by atoms with Crippen molar-refractivity contribution in [1.82, 2.24) is 9.67 Å². The molecule has 2 N–H and O–H groups in total. The molecule has 0 saturated carbocycles. The topological polar surface area (TPSA) is 24.1 Å². The van der Waals surface area contributed by atoms with Gasteiger partial charge in [-0.2, -0.15) is 0 Å². The number of rotatable bonds is 3. The Bertz CT molecular complexity index is 41.9. The van der Waals surface area contributed by atoms with Gasteiger partial charge < -0.3 is 0 Å². The number of halogens is 2. The van der Waals surface area contributed by atoms with Crippen LogP contribution in [0.1, 0.15) is 6.92 Å². The summed E-state index contributed by atoms with van der Waals surface area (Å²) < 4.78 is 0. The summed E-state index contributed by atoms with van der Waals surface area (Å²) in [5.74, 6) is 0. The molecule has 0 fully saturated rings. The Morgan fingerprint density at radius 2 is 2.14 bits per heavy atom. The van der Waals surface area contributed by atoms with E-state index in [0.717, 1.165) is 0 Å². The Hall–Kier alpha value is 0.500. The van der Waals surface area contributed by atoms with E-state index in [1.54, 1.807) is 0 Å². The summed E-state index contributed by atoms with van der Waals surface area (Å²) in [6, 6.07) is 0.221. The van der Waals surface area contributed by atoms with Crippen molar-refractivity contribution in [3.05, 3.63) is 0 Å². The number of nitrogens with one attached hydrogen (secondary N) is 2. The molecule has 0 aliphatic heterocycles. The van der Waals surface area contributed by atoms with Crippen molar-refractivity contribution in [3.8, 4) is 0 Å². The molecule has 0 aliphatic carbocycles. The van der Waals surface area contributed by atoms with Crippen molar-refractivity contribution >= 4 is 23.6 Å². The summed E-state index contributed by atoms with van der Waals surface area (Å²) in [5.41, 5.74) is 0. The van der Waals surface area contributed by atoms with Crippen LogP contribution >= 0.6 is 23.6 Å². The Morgan fingerprint density at radius 1 is 1.57 bits per heavy atom. The Balaban J connectivity index is 2.83. The third-order valence-corrected chi connectivity index (χ3v) is 1.10. The van der Waals surface area contributed by atoms with E-state index in [4.69, 9.17) is 23.6 Å². The van der Waals surface area contributed by atoms with E-state index in [1.807, 2.05) is 6.92 Å². The van der Waals surface area contributed by atoms with E-state index in [9.17, 15) is 0 Å². The molecule has 0 bridgehead atoms. The molecule has 0 rings (SSSR count). The highest BCUT2D eigenvalue weighted by atomic mass is 35.5. The first kappa shape index (κ1) is 7.50. The summed E-state index contributed by atoms with van der Waals surface area (Å²) in [6.07, 6.45) is 0. The van der Waals surface area contributed by atoms with Crippen molar-refractivity contribution in [1.29, 1.82) is 0 Å². The lowest BCUT2D eigenvalue weighted by atomic mass is 10.4. The van der Waals surface area contributed by atoms with Gasteiger partial charge in [-0.3, -0.25) is 0 Å². The maximum Gasteiger partial charge on any atom is 0.0330 e. The third kappa shape index (κ3) is 4.35. The molecule has 0 saturated heterocycles. The quantitative estimate of drug-likeness (QED) is 0.572. The molecule has 0 amide bonds. The van der Waals surface area contributed by atoms with Crippen LogP contribution in [0.2, 0.25) is 0 Å². The highest BCUT2D eigenvalue weighted by molar-refractivity contribution is 6.14. The highest BCUT2D eigenvalue weighted by Gasteiger charge is 1.93. The van der Waals surface area contributed by atoms with Crippen LogP contribution in [0.3, 0.4) is 0 Å². The molecule has 2 nitrogen and oxygen atoms in total. The van der Waals surface area contributed by atoms with Crippen molar-refractivity contribution in [2.45, 2.75) is 13.0 Å². The average Bonchev–Trinajstić information content (AvgIpc) is 1.68. The summed E-state index contributed by atoms with van der Waals surface area (Å²) in [7, 11) is 0. The Kier molecular flexibility index (Phi) is 4.99. The van der Waals surface area contributed by atoms with Gasteiger partial charge in [-0.15, -0.1) is 0 Å². The van der Waals surface area contributed by atoms with Gasteiger partial charge in [0.25, 0.3) is 0 Å². The van der Waals surface area contributed by atoms with Gasteiger partial charge in [0.15, 0.2) is 0 Å². The van der Waals surface area contributed by atoms with Crippen LogP contribution < -0.4 is 9.67 Å². The molecule has 0 heterocycles. The van der Waals surface area contributed by atoms with Gasteiger partial charge in [0.05, 0.1) is 0 Å². The molecule has 0 aromatic heterocycles. The summed E-state index contributed by atoms with van der Waals surface area (Å²) in [5, 5.41) is 0. The predicted molar refractivity (Wildman–Crippen MR) is 32.3 cm³/mol. The van der Waals surface area contributed by atoms with Gasteiger partial charge >= 0.3 is 0 Å². The van der Waals surface area contributed by atoms with Crippen LogP contribution in [-0.2, 0) is 0 Å². The molecule has 44 valence electrons. The zero-order valence-corrected chi connectivity index (χ0v) is 5.55. The van der Waals surface area contributed by atoms with E-state index in [2.05, 4.69) is 9.67 Å². The standard InChI is InChI=1S/C3H8Cl2N2/c1-3(7-5)2-6-4/h3,6-7H,2H2,1H3. The number of hydrogen-bond donors (Lipinski definition) is 2. The molecule has 7 heavy (non-hydrogen) atoms. The minimum Gasteiger partial charge on any atom is -0.232 e. The van der Waals surface area contributed by atoms with Crippen molar-refractivity contribution in [3.63, 3.8) is 0 Å². The second-order valence-corrected chi connectivity index (χ2v) is 1.83. The van der Waals surface area contributed by atoms with Gasteiger partial charge in [-0.1, -0.05) is 0 Å². The fourth-order valence-corrected chi connectivity index (χ4v) is 0.463. The van der Waals surface area contributed by atoms with E-state index in [0.29, 0.717) is 6.54 Å². The van der Waals surface area contributed by atoms with E-state index in [1.165, 1.54) is 0 Å². The molecule has 0 aromatic carbocycles.